The van der Waals surface area contributed by atoms with Crippen molar-refractivity contribution >= 4 is 11.7 Å². The molecule has 1 aromatic heterocycles. The van der Waals surface area contributed by atoms with Crippen molar-refractivity contribution in [1.82, 2.24) is 15.3 Å². The number of piperidine rings is 1. The van der Waals surface area contributed by atoms with E-state index in [0.717, 1.165) is 56.0 Å². The Kier molecular flexibility index (Phi) is 7.40. The number of anilines is 1. The first-order valence-electron chi connectivity index (χ1n) is 11.9. The molecule has 1 amide bonds. The molecule has 170 valence electrons. The Morgan fingerprint density at radius 2 is 2.03 bits per heavy atom. The molecule has 0 atom stereocenters. The van der Waals surface area contributed by atoms with Crippen LogP contribution in [-0.4, -0.2) is 35.5 Å². The highest BCUT2D eigenvalue weighted by Crippen LogP contribution is 2.28. The summed E-state index contributed by atoms with van der Waals surface area (Å²) in [7, 11) is 0. The van der Waals surface area contributed by atoms with Crippen LogP contribution in [0.1, 0.15) is 56.1 Å². The van der Waals surface area contributed by atoms with Gasteiger partial charge in [-0.1, -0.05) is 23.8 Å². The quantitative estimate of drug-likeness (QED) is 0.614. The van der Waals surface area contributed by atoms with Crippen LogP contribution < -0.4 is 15.0 Å². The number of amides is 1. The highest BCUT2D eigenvalue weighted by atomic mass is 16.5. The molecule has 1 fully saturated rings. The summed E-state index contributed by atoms with van der Waals surface area (Å²) in [5.74, 6) is 2.49. The smallest absolute Gasteiger partial charge is 0.224 e. The summed E-state index contributed by atoms with van der Waals surface area (Å²) in [6.45, 7) is 6.50. The van der Waals surface area contributed by atoms with Gasteiger partial charge in [-0.2, -0.15) is 0 Å². The number of hydrogen-bond acceptors (Lipinski definition) is 5. The Labute approximate surface area is 191 Å². The van der Waals surface area contributed by atoms with E-state index in [4.69, 9.17) is 4.74 Å². The van der Waals surface area contributed by atoms with Crippen LogP contribution in [0, 0.1) is 19.8 Å². The number of hydrogen-bond donors (Lipinski definition) is 1. The molecule has 1 saturated heterocycles. The molecule has 32 heavy (non-hydrogen) atoms. The fraction of sp³-hybridized carbons (Fsp3) is 0.500. The Balaban J connectivity index is 1.27. The zero-order valence-corrected chi connectivity index (χ0v) is 19.3. The van der Waals surface area contributed by atoms with Gasteiger partial charge in [-0.15, -0.1) is 0 Å². The van der Waals surface area contributed by atoms with Crippen molar-refractivity contribution in [2.75, 3.05) is 24.5 Å². The molecule has 0 unspecified atom stereocenters. The maximum atomic E-state index is 12.6. The van der Waals surface area contributed by atoms with Crippen molar-refractivity contribution < 1.29 is 9.53 Å². The Hall–Kier alpha value is -2.89. The highest BCUT2D eigenvalue weighted by Gasteiger charge is 2.25. The molecule has 2 aromatic rings. The van der Waals surface area contributed by atoms with Gasteiger partial charge in [-0.25, -0.2) is 9.97 Å². The highest BCUT2D eigenvalue weighted by molar-refractivity contribution is 5.79. The predicted molar refractivity (Wildman–Crippen MR) is 127 cm³/mol. The Morgan fingerprint density at radius 3 is 2.81 bits per heavy atom. The summed E-state index contributed by atoms with van der Waals surface area (Å²) in [5, 5.41) is 3.16. The molecular weight excluding hydrogens is 400 g/mol. The van der Waals surface area contributed by atoms with Crippen molar-refractivity contribution in [1.29, 1.82) is 0 Å². The number of rotatable bonds is 7. The van der Waals surface area contributed by atoms with Crippen LogP contribution in [0.3, 0.4) is 0 Å². The second-order valence-electron chi connectivity index (χ2n) is 8.93. The van der Waals surface area contributed by atoms with Gasteiger partial charge in [0.1, 0.15) is 17.9 Å². The van der Waals surface area contributed by atoms with E-state index in [9.17, 15) is 4.79 Å². The Bertz CT molecular complexity index is 964. The summed E-state index contributed by atoms with van der Waals surface area (Å²) in [6, 6.07) is 7.90. The predicted octanol–water partition coefficient (Wildman–Crippen LogP) is 5.11. The average molecular weight is 435 g/mol. The maximum absolute atomic E-state index is 12.6. The van der Waals surface area contributed by atoms with E-state index in [1.54, 1.807) is 6.33 Å². The number of benzene rings is 1. The molecule has 2 aliphatic rings. The van der Waals surface area contributed by atoms with Gasteiger partial charge in [-0.3, -0.25) is 4.79 Å². The minimum atomic E-state index is 0.0825. The zero-order chi connectivity index (χ0) is 22.3. The van der Waals surface area contributed by atoms with Gasteiger partial charge in [-0.05, 0) is 76.0 Å². The lowest BCUT2D eigenvalue weighted by atomic mass is 9.95. The topological polar surface area (TPSA) is 67.3 Å². The van der Waals surface area contributed by atoms with E-state index in [0.29, 0.717) is 5.88 Å². The molecule has 2 heterocycles. The first kappa shape index (κ1) is 22.3. The molecule has 1 aliphatic carbocycles. The zero-order valence-electron chi connectivity index (χ0n) is 19.3. The lowest BCUT2D eigenvalue weighted by Gasteiger charge is -2.32. The van der Waals surface area contributed by atoms with Crippen LogP contribution in [-0.2, 0) is 4.79 Å². The van der Waals surface area contributed by atoms with Crippen molar-refractivity contribution in [3.8, 4) is 11.6 Å². The third-order valence-electron chi connectivity index (χ3n) is 6.72. The summed E-state index contributed by atoms with van der Waals surface area (Å²) in [5.41, 5.74) is 3.81. The second-order valence-corrected chi connectivity index (χ2v) is 8.93. The normalized spacial score (nSPS) is 17.1. The standard InChI is InChI=1S/C26H34N4O2/c1-19-7-6-10-23(20(19)2)32-25-17-24(28-18-29-25)30-15-12-22(13-16-30)26(31)27-14-11-21-8-4-3-5-9-21/h6-8,10,17-18,22H,3-5,9,11-16H2,1-2H3,(H,27,31). The maximum Gasteiger partial charge on any atom is 0.224 e. The van der Waals surface area contributed by atoms with E-state index >= 15 is 0 Å². The average Bonchev–Trinajstić information content (AvgIpc) is 2.83. The molecule has 0 saturated carbocycles. The molecule has 0 radical (unpaired) electrons. The first-order valence-corrected chi connectivity index (χ1v) is 11.9. The van der Waals surface area contributed by atoms with Crippen molar-refractivity contribution in [2.45, 2.75) is 58.8 Å². The Morgan fingerprint density at radius 1 is 1.19 bits per heavy atom. The van der Waals surface area contributed by atoms with Gasteiger partial charge >= 0.3 is 0 Å². The lowest BCUT2D eigenvalue weighted by Crippen LogP contribution is -2.41. The van der Waals surface area contributed by atoms with Crippen molar-refractivity contribution in [3.63, 3.8) is 0 Å². The van der Waals surface area contributed by atoms with E-state index < -0.39 is 0 Å². The van der Waals surface area contributed by atoms with E-state index in [2.05, 4.69) is 46.2 Å². The monoisotopic (exact) mass is 434 g/mol. The molecule has 0 spiro atoms. The minimum absolute atomic E-state index is 0.0825. The van der Waals surface area contributed by atoms with Crippen molar-refractivity contribution in [2.24, 2.45) is 5.92 Å². The number of nitrogens with zero attached hydrogens (tertiary/aromatic N) is 3. The largest absolute Gasteiger partial charge is 0.439 e. The molecule has 1 aromatic carbocycles. The van der Waals surface area contributed by atoms with Crippen LogP contribution in [0.5, 0.6) is 11.6 Å². The van der Waals surface area contributed by atoms with E-state index in [1.165, 1.54) is 36.8 Å². The van der Waals surface area contributed by atoms with Crippen LogP contribution in [0.4, 0.5) is 5.82 Å². The van der Waals surface area contributed by atoms with Crippen LogP contribution >= 0.6 is 0 Å². The van der Waals surface area contributed by atoms with Crippen LogP contribution in [0.2, 0.25) is 0 Å². The molecule has 6 nitrogen and oxygen atoms in total. The SMILES string of the molecule is Cc1cccc(Oc2cc(N3CCC(C(=O)NCCC4=CCCCC4)CC3)ncn2)c1C. The van der Waals surface area contributed by atoms with Crippen LogP contribution in [0.25, 0.3) is 0 Å². The number of aromatic nitrogens is 2. The summed E-state index contributed by atoms with van der Waals surface area (Å²) in [6.07, 6.45) is 11.6. The molecule has 6 heteroatoms. The number of allylic oxidation sites excluding steroid dienone is 1. The van der Waals surface area contributed by atoms with Gasteiger partial charge in [0.05, 0.1) is 0 Å². The number of aryl methyl sites for hydroxylation is 1. The minimum Gasteiger partial charge on any atom is -0.439 e. The molecule has 0 bridgehead atoms. The van der Waals surface area contributed by atoms with Gasteiger partial charge in [0.2, 0.25) is 11.8 Å². The third kappa shape index (κ3) is 5.67. The molecule has 1 N–H and O–H groups in total. The summed E-state index contributed by atoms with van der Waals surface area (Å²) >= 11 is 0. The number of carbonyl (C=O) groups excluding carboxylic acids is 1. The number of ether oxygens (including phenoxy) is 1. The van der Waals surface area contributed by atoms with Gasteiger partial charge in [0, 0.05) is 31.6 Å². The third-order valence-corrected chi connectivity index (χ3v) is 6.72. The first-order chi connectivity index (χ1) is 15.6. The second kappa shape index (κ2) is 10.6. The molecule has 4 rings (SSSR count). The fourth-order valence-electron chi connectivity index (χ4n) is 4.50. The summed E-state index contributed by atoms with van der Waals surface area (Å²) in [4.78, 5) is 23.6. The van der Waals surface area contributed by atoms with E-state index in [-0.39, 0.29) is 11.8 Å². The van der Waals surface area contributed by atoms with E-state index in [1.807, 2.05) is 18.2 Å². The van der Waals surface area contributed by atoms with Gasteiger partial charge in [0.15, 0.2) is 0 Å². The summed E-state index contributed by atoms with van der Waals surface area (Å²) < 4.78 is 6.03. The van der Waals surface area contributed by atoms with Gasteiger partial charge in [0.25, 0.3) is 0 Å². The van der Waals surface area contributed by atoms with Gasteiger partial charge < -0.3 is 15.0 Å². The van der Waals surface area contributed by atoms with Crippen molar-refractivity contribution in [3.05, 3.63) is 53.4 Å². The number of nitrogens with one attached hydrogen (secondary N) is 1. The van der Waals surface area contributed by atoms with Crippen LogP contribution in [0.15, 0.2) is 42.2 Å². The lowest BCUT2D eigenvalue weighted by molar-refractivity contribution is -0.125. The number of carbonyl (C=O) groups is 1. The fourth-order valence-corrected chi connectivity index (χ4v) is 4.50. The molecular formula is C26H34N4O2. The molecule has 1 aliphatic heterocycles.